The van der Waals surface area contributed by atoms with Crippen molar-refractivity contribution < 1.29 is 10.2 Å². The molecule has 2 atom stereocenters. The Morgan fingerprint density at radius 1 is 0.472 bits per heavy atom. The first-order valence-electron chi connectivity index (χ1n) is 11.5. The van der Waals surface area contributed by atoms with Gasteiger partial charge in [0.2, 0.25) is 0 Å². The second kappa shape index (κ2) is 10.6. The van der Waals surface area contributed by atoms with Crippen molar-refractivity contribution in [2.45, 2.75) is 12.2 Å². The second-order valence-corrected chi connectivity index (χ2v) is 16.5. The predicted octanol–water partition coefficient (Wildman–Crippen LogP) is 5.55. The molecular formula is C30H22O2S2Se2. The van der Waals surface area contributed by atoms with Gasteiger partial charge in [0.1, 0.15) is 0 Å². The Labute approximate surface area is 229 Å². The van der Waals surface area contributed by atoms with Gasteiger partial charge in [0.05, 0.1) is 0 Å². The summed E-state index contributed by atoms with van der Waals surface area (Å²) in [5, 5.41) is 29.3. The van der Waals surface area contributed by atoms with Crippen LogP contribution in [0.15, 0.2) is 108 Å². The van der Waals surface area contributed by atoms with Gasteiger partial charge in [-0.1, -0.05) is 0 Å². The third-order valence-corrected chi connectivity index (χ3v) is 15.4. The molecule has 2 N–H and O–H groups in total. The first-order valence-corrected chi connectivity index (χ1v) is 19.3. The number of hydrogen-bond acceptors (Lipinski definition) is 4. The Balaban J connectivity index is 1.30. The van der Waals surface area contributed by atoms with Gasteiger partial charge in [0.25, 0.3) is 0 Å². The van der Waals surface area contributed by atoms with Crippen LogP contribution in [-0.4, -0.2) is 36.5 Å². The van der Waals surface area contributed by atoms with Crippen molar-refractivity contribution in [1.82, 2.24) is 0 Å². The van der Waals surface area contributed by atoms with Crippen molar-refractivity contribution in [2.24, 2.45) is 0 Å². The maximum absolute atomic E-state index is 11.4. The zero-order valence-corrected chi connectivity index (χ0v) is 24.1. The minimum absolute atomic E-state index is 0.150. The van der Waals surface area contributed by atoms with Crippen LogP contribution in [0, 0.1) is 0 Å². The summed E-state index contributed by atoms with van der Waals surface area (Å²) in [5.41, 5.74) is 3.90. The second-order valence-electron chi connectivity index (χ2n) is 8.41. The fourth-order valence-electron chi connectivity index (χ4n) is 4.50. The van der Waals surface area contributed by atoms with Gasteiger partial charge < -0.3 is 0 Å². The van der Waals surface area contributed by atoms with Gasteiger partial charge in [-0.05, 0) is 0 Å². The van der Waals surface area contributed by atoms with E-state index in [1.54, 1.807) is 22.7 Å². The number of rotatable bonds is 7. The summed E-state index contributed by atoms with van der Waals surface area (Å²) in [7, 11) is 0. The molecule has 0 spiro atoms. The minimum atomic E-state index is -0.658. The van der Waals surface area contributed by atoms with Crippen LogP contribution in [0.3, 0.4) is 0 Å². The Morgan fingerprint density at radius 2 is 0.889 bits per heavy atom. The summed E-state index contributed by atoms with van der Waals surface area (Å²) >= 11 is 3.70. The fraction of sp³-hybridized carbons (Fsp3) is 0.0667. The van der Waals surface area contributed by atoms with E-state index >= 15 is 0 Å². The summed E-state index contributed by atoms with van der Waals surface area (Å²) in [6.07, 6.45) is -1.32. The molecule has 6 rings (SSSR count). The van der Waals surface area contributed by atoms with Crippen LogP contribution in [0.25, 0.3) is 20.2 Å². The van der Waals surface area contributed by atoms with E-state index in [0.29, 0.717) is 0 Å². The topological polar surface area (TPSA) is 40.5 Å². The summed E-state index contributed by atoms with van der Waals surface area (Å²) < 4.78 is 4.83. The Kier molecular flexibility index (Phi) is 7.12. The van der Waals surface area contributed by atoms with Crippen LogP contribution >= 0.6 is 22.7 Å². The van der Waals surface area contributed by atoms with Crippen molar-refractivity contribution in [3.63, 3.8) is 0 Å². The first-order chi connectivity index (χ1) is 17.7. The molecule has 0 aliphatic heterocycles. The van der Waals surface area contributed by atoms with Crippen molar-refractivity contribution in [3.8, 4) is 0 Å². The standard InChI is InChI=1S/C30H22O2S2Se2/c31-29(21-9-5-11-25-19(21)15-17-33-25)23-7-1-3-13-27(23)35-36-28-14-4-2-8-24(28)30(32)22-10-6-12-26-20(22)16-18-34-26/h1-18,29-32H. The molecule has 6 heteroatoms. The molecule has 0 saturated heterocycles. The van der Waals surface area contributed by atoms with Gasteiger partial charge in [0.15, 0.2) is 0 Å². The number of fused-ring (bicyclic) bond motifs is 2. The Hall–Kier alpha value is -2.24. The number of hydrogen-bond donors (Lipinski definition) is 2. The number of aliphatic hydroxyl groups excluding tert-OH is 2. The molecule has 36 heavy (non-hydrogen) atoms. The van der Waals surface area contributed by atoms with E-state index < -0.39 is 12.2 Å². The number of thiophene rings is 2. The summed E-state index contributed by atoms with van der Waals surface area (Å²) in [6, 6.07) is 33.1. The van der Waals surface area contributed by atoms with Crippen molar-refractivity contribution in [1.29, 1.82) is 0 Å². The molecule has 0 fully saturated rings. The van der Waals surface area contributed by atoms with Gasteiger partial charge in [-0.2, -0.15) is 0 Å². The Morgan fingerprint density at radius 3 is 1.36 bits per heavy atom. The SMILES string of the molecule is OC(c1ccccc1[Se][Se]c1ccccc1C(O)c1cccc2sccc12)c1cccc2sccc12. The van der Waals surface area contributed by atoms with E-state index in [1.807, 2.05) is 36.4 Å². The average molecular weight is 637 g/mol. The molecule has 4 aromatic carbocycles. The molecule has 2 nitrogen and oxygen atoms in total. The van der Waals surface area contributed by atoms with E-state index in [2.05, 4.69) is 71.4 Å². The van der Waals surface area contributed by atoms with E-state index in [-0.39, 0.29) is 26.3 Å². The van der Waals surface area contributed by atoms with Crippen LogP contribution in [0.2, 0.25) is 0 Å². The monoisotopic (exact) mass is 638 g/mol. The van der Waals surface area contributed by atoms with Gasteiger partial charge in [0, 0.05) is 0 Å². The number of benzene rings is 4. The van der Waals surface area contributed by atoms with Crippen molar-refractivity contribution >= 4 is 78.0 Å². The van der Waals surface area contributed by atoms with Gasteiger partial charge in [-0.15, -0.1) is 0 Å². The van der Waals surface area contributed by atoms with Crippen LogP contribution in [0.1, 0.15) is 34.5 Å². The third kappa shape index (κ3) is 4.61. The zero-order chi connectivity index (χ0) is 24.5. The molecule has 0 bridgehead atoms. The van der Waals surface area contributed by atoms with Crippen LogP contribution in [-0.2, 0) is 0 Å². The molecule has 6 aromatic rings. The molecule has 0 amide bonds. The molecule has 0 radical (unpaired) electrons. The first kappa shape index (κ1) is 24.1. The average Bonchev–Trinajstić information content (AvgIpc) is 3.61. The van der Waals surface area contributed by atoms with Gasteiger partial charge in [-0.25, -0.2) is 0 Å². The Bertz CT molecular complexity index is 1530. The third-order valence-electron chi connectivity index (χ3n) is 6.30. The quantitative estimate of drug-likeness (QED) is 0.226. The fourth-order valence-corrected chi connectivity index (χ4v) is 13.5. The molecule has 178 valence electrons. The molecule has 2 unspecified atom stereocenters. The molecule has 0 saturated carbocycles. The summed E-state index contributed by atoms with van der Waals surface area (Å²) in [5.74, 6) is 0. The normalized spacial score (nSPS) is 13.3. The van der Waals surface area contributed by atoms with Crippen LogP contribution in [0.4, 0.5) is 0 Å². The molecule has 2 aromatic heterocycles. The molecular weight excluding hydrogens is 614 g/mol. The number of aliphatic hydroxyl groups is 2. The predicted molar refractivity (Wildman–Crippen MR) is 155 cm³/mol. The van der Waals surface area contributed by atoms with E-state index in [4.69, 9.17) is 0 Å². The van der Waals surface area contributed by atoms with Crippen LogP contribution in [0.5, 0.6) is 0 Å². The van der Waals surface area contributed by atoms with Crippen molar-refractivity contribution in [3.05, 3.63) is 130 Å². The van der Waals surface area contributed by atoms with Gasteiger partial charge in [-0.3, -0.25) is 0 Å². The van der Waals surface area contributed by atoms with Crippen LogP contribution < -0.4 is 8.92 Å². The molecule has 2 heterocycles. The molecule has 0 aliphatic carbocycles. The van der Waals surface area contributed by atoms with Gasteiger partial charge >= 0.3 is 231 Å². The van der Waals surface area contributed by atoms with E-state index in [0.717, 1.165) is 33.0 Å². The summed E-state index contributed by atoms with van der Waals surface area (Å²) in [4.78, 5) is 0. The molecule has 0 aliphatic rings. The van der Waals surface area contributed by atoms with E-state index in [1.165, 1.54) is 18.3 Å². The van der Waals surface area contributed by atoms with Crippen molar-refractivity contribution in [2.75, 3.05) is 0 Å². The summed E-state index contributed by atoms with van der Waals surface area (Å²) in [6.45, 7) is 0. The zero-order valence-electron chi connectivity index (χ0n) is 19.1. The maximum atomic E-state index is 11.4. The van der Waals surface area contributed by atoms with E-state index in [9.17, 15) is 10.2 Å².